The molecule has 1 N–H and O–H groups in total. The second-order valence-corrected chi connectivity index (χ2v) is 8.35. The molecule has 3 aromatic rings. The van der Waals surface area contributed by atoms with Gasteiger partial charge in [0.05, 0.1) is 4.92 Å². The van der Waals surface area contributed by atoms with Gasteiger partial charge in [-0.3, -0.25) is 14.9 Å². The summed E-state index contributed by atoms with van der Waals surface area (Å²) in [6, 6.07) is 19.1. The van der Waals surface area contributed by atoms with Crippen LogP contribution >= 0.6 is 0 Å². The summed E-state index contributed by atoms with van der Waals surface area (Å²) in [4.78, 5) is 22.3. The number of hydrogen-bond donors (Lipinski definition) is 1. The third kappa shape index (κ3) is 5.81. The first kappa shape index (κ1) is 23.2. The normalized spacial score (nSPS) is 11.3. The number of nitrogens with zero attached hydrogens (tertiary/aromatic N) is 2. The van der Waals surface area contributed by atoms with Gasteiger partial charge >= 0.3 is 10.1 Å². The molecule has 166 valence electrons. The van der Waals surface area contributed by atoms with Crippen LogP contribution in [0, 0.1) is 28.4 Å². The maximum atomic E-state index is 12.5. The van der Waals surface area contributed by atoms with Crippen LogP contribution in [0.1, 0.15) is 11.1 Å². The lowest BCUT2D eigenvalue weighted by Gasteiger charge is -2.08. The van der Waals surface area contributed by atoms with Gasteiger partial charge in [0, 0.05) is 17.8 Å². The van der Waals surface area contributed by atoms with Gasteiger partial charge in [0.1, 0.15) is 22.3 Å². The van der Waals surface area contributed by atoms with Crippen LogP contribution in [0.5, 0.6) is 5.75 Å². The Morgan fingerprint density at radius 1 is 1.09 bits per heavy atom. The van der Waals surface area contributed by atoms with Crippen molar-refractivity contribution in [2.45, 2.75) is 11.8 Å². The van der Waals surface area contributed by atoms with Crippen molar-refractivity contribution in [1.29, 1.82) is 5.26 Å². The highest BCUT2D eigenvalue weighted by Gasteiger charge is 2.20. The van der Waals surface area contributed by atoms with Crippen molar-refractivity contribution >= 4 is 33.5 Å². The Balaban J connectivity index is 1.83. The second kappa shape index (κ2) is 9.76. The van der Waals surface area contributed by atoms with E-state index in [-0.39, 0.29) is 16.2 Å². The fourth-order valence-electron chi connectivity index (χ4n) is 2.80. The minimum absolute atomic E-state index is 0.0909. The summed E-state index contributed by atoms with van der Waals surface area (Å²) in [5.41, 5.74) is 1.14. The molecule has 0 bridgehead atoms. The molecule has 0 aromatic heterocycles. The molecular weight excluding hydrogens is 446 g/mol. The van der Waals surface area contributed by atoms with Crippen LogP contribution < -0.4 is 9.50 Å². The number of carbonyl (C=O) groups is 1. The third-order valence-electron chi connectivity index (χ3n) is 4.45. The lowest BCUT2D eigenvalue weighted by molar-refractivity contribution is -0.385. The Bertz CT molecular complexity index is 1410. The largest absolute Gasteiger partial charge is 0.379 e. The highest BCUT2D eigenvalue weighted by Crippen LogP contribution is 2.24. The van der Waals surface area contributed by atoms with Gasteiger partial charge in [-0.2, -0.15) is 13.7 Å². The molecule has 3 aromatic carbocycles. The van der Waals surface area contributed by atoms with E-state index in [0.717, 1.165) is 17.7 Å². The van der Waals surface area contributed by atoms with E-state index in [2.05, 4.69) is 5.32 Å². The molecule has 3 rings (SSSR count). The molecule has 10 heteroatoms. The Hall–Kier alpha value is -4.49. The van der Waals surface area contributed by atoms with Crippen molar-refractivity contribution in [2.24, 2.45) is 0 Å². The first-order valence-corrected chi connectivity index (χ1v) is 10.9. The fraction of sp³-hybridized carbons (Fsp3) is 0.0435. The number of benzene rings is 3. The number of nitro benzene ring substituents is 1. The molecule has 0 aliphatic heterocycles. The molecule has 0 aliphatic rings. The van der Waals surface area contributed by atoms with Crippen LogP contribution in [-0.2, 0) is 14.9 Å². The predicted octanol–water partition coefficient (Wildman–Crippen LogP) is 4.22. The molecule has 0 saturated heterocycles. The van der Waals surface area contributed by atoms with Crippen LogP contribution in [-0.4, -0.2) is 19.2 Å². The van der Waals surface area contributed by atoms with Gasteiger partial charge in [-0.15, -0.1) is 0 Å². The number of hydrogen-bond acceptors (Lipinski definition) is 7. The van der Waals surface area contributed by atoms with E-state index in [0.29, 0.717) is 11.3 Å². The molecule has 0 fully saturated rings. The first-order valence-electron chi connectivity index (χ1n) is 9.47. The number of non-ortho nitro benzene ring substituents is 1. The van der Waals surface area contributed by atoms with E-state index in [1.807, 2.05) is 25.1 Å². The fourth-order valence-corrected chi connectivity index (χ4v) is 3.77. The monoisotopic (exact) mass is 463 g/mol. The van der Waals surface area contributed by atoms with Gasteiger partial charge in [-0.05, 0) is 48.4 Å². The molecular formula is C23H17N3O6S. The highest BCUT2D eigenvalue weighted by atomic mass is 32.2. The van der Waals surface area contributed by atoms with Crippen LogP contribution in [0.2, 0.25) is 0 Å². The van der Waals surface area contributed by atoms with Crippen molar-refractivity contribution in [3.05, 3.63) is 99.6 Å². The molecule has 0 heterocycles. The van der Waals surface area contributed by atoms with Gasteiger partial charge in [0.15, 0.2) is 0 Å². The molecule has 0 unspecified atom stereocenters. The molecule has 0 saturated carbocycles. The Kier molecular flexibility index (Phi) is 6.85. The van der Waals surface area contributed by atoms with E-state index >= 15 is 0 Å². The molecule has 0 aliphatic carbocycles. The van der Waals surface area contributed by atoms with Gasteiger partial charge in [-0.1, -0.05) is 36.4 Å². The zero-order chi connectivity index (χ0) is 24.0. The lowest BCUT2D eigenvalue weighted by Crippen LogP contribution is -2.14. The Labute approximate surface area is 189 Å². The number of nitro groups is 1. The van der Waals surface area contributed by atoms with Crippen molar-refractivity contribution in [1.82, 2.24) is 0 Å². The molecule has 9 nitrogen and oxygen atoms in total. The first-order chi connectivity index (χ1) is 15.7. The van der Waals surface area contributed by atoms with Crippen LogP contribution in [0.4, 0.5) is 11.4 Å². The van der Waals surface area contributed by atoms with Gasteiger partial charge in [0.25, 0.3) is 11.6 Å². The Morgan fingerprint density at radius 2 is 1.82 bits per heavy atom. The molecule has 0 atom stereocenters. The smallest absolute Gasteiger partial charge is 0.339 e. The number of para-hydroxylation sites is 1. The SMILES string of the molecule is Cc1ccccc1NC(=O)/C(C#N)=C/c1cccc(OS(=O)(=O)c2cccc([N+](=O)[O-])c2)c1. The number of nitrogens with one attached hydrogen (secondary N) is 1. The van der Waals surface area contributed by atoms with Gasteiger partial charge in [0.2, 0.25) is 0 Å². The molecule has 33 heavy (non-hydrogen) atoms. The standard InChI is InChI=1S/C23H17N3O6S/c1-16-6-2-3-11-22(16)25-23(27)18(15-24)12-17-7-4-9-20(13-17)32-33(30,31)21-10-5-8-19(14-21)26(28)29/h2-14H,1H3,(H,25,27)/b18-12+. The van der Waals surface area contributed by atoms with Crippen molar-refractivity contribution in [2.75, 3.05) is 5.32 Å². The Morgan fingerprint density at radius 3 is 2.52 bits per heavy atom. The zero-order valence-corrected chi connectivity index (χ0v) is 18.1. The maximum absolute atomic E-state index is 12.5. The quantitative estimate of drug-likeness (QED) is 0.182. The summed E-state index contributed by atoms with van der Waals surface area (Å²) in [6.07, 6.45) is 1.29. The summed E-state index contributed by atoms with van der Waals surface area (Å²) >= 11 is 0. The minimum Gasteiger partial charge on any atom is -0.379 e. The van der Waals surface area contributed by atoms with E-state index < -0.39 is 26.6 Å². The number of aryl methyl sites for hydroxylation is 1. The number of rotatable bonds is 7. The summed E-state index contributed by atoms with van der Waals surface area (Å²) in [7, 11) is -4.35. The summed E-state index contributed by atoms with van der Waals surface area (Å²) in [5, 5.41) is 23.0. The van der Waals surface area contributed by atoms with Crippen LogP contribution in [0.25, 0.3) is 6.08 Å². The third-order valence-corrected chi connectivity index (χ3v) is 5.69. The van der Waals surface area contributed by atoms with Crippen molar-refractivity contribution < 1.29 is 22.3 Å². The molecule has 1 amide bonds. The number of amides is 1. The number of nitriles is 1. The average Bonchev–Trinajstić information content (AvgIpc) is 2.79. The van der Waals surface area contributed by atoms with E-state index in [9.17, 15) is 28.6 Å². The minimum atomic E-state index is -4.35. The number of anilines is 1. The average molecular weight is 463 g/mol. The number of carbonyl (C=O) groups excluding carboxylic acids is 1. The van der Waals surface area contributed by atoms with E-state index in [1.54, 1.807) is 18.2 Å². The lowest BCUT2D eigenvalue weighted by atomic mass is 10.1. The van der Waals surface area contributed by atoms with Gasteiger partial charge in [-0.25, -0.2) is 0 Å². The highest BCUT2D eigenvalue weighted by molar-refractivity contribution is 7.87. The van der Waals surface area contributed by atoms with Crippen molar-refractivity contribution in [3.8, 4) is 11.8 Å². The molecule has 0 radical (unpaired) electrons. The van der Waals surface area contributed by atoms with E-state index in [4.69, 9.17) is 4.18 Å². The summed E-state index contributed by atoms with van der Waals surface area (Å²) in [6.45, 7) is 1.81. The topological polar surface area (TPSA) is 139 Å². The van der Waals surface area contributed by atoms with Crippen LogP contribution in [0.3, 0.4) is 0 Å². The zero-order valence-electron chi connectivity index (χ0n) is 17.3. The van der Waals surface area contributed by atoms with E-state index in [1.165, 1.54) is 36.4 Å². The van der Waals surface area contributed by atoms with Gasteiger partial charge < -0.3 is 9.50 Å². The molecule has 0 spiro atoms. The van der Waals surface area contributed by atoms with Crippen LogP contribution in [0.15, 0.2) is 83.3 Å². The second-order valence-electron chi connectivity index (χ2n) is 6.80. The van der Waals surface area contributed by atoms with Crippen molar-refractivity contribution in [3.63, 3.8) is 0 Å². The summed E-state index contributed by atoms with van der Waals surface area (Å²) in [5.74, 6) is -0.714. The summed E-state index contributed by atoms with van der Waals surface area (Å²) < 4.78 is 30.2. The maximum Gasteiger partial charge on any atom is 0.339 e. The predicted molar refractivity (Wildman–Crippen MR) is 121 cm³/mol.